The maximum atomic E-state index is 5.70. The van der Waals surface area contributed by atoms with Gasteiger partial charge in [-0.25, -0.2) is 0 Å². The Morgan fingerprint density at radius 2 is 0.905 bits per heavy atom. The van der Waals surface area contributed by atoms with Gasteiger partial charge in [0.05, 0.1) is 59.5 Å². The van der Waals surface area contributed by atoms with Gasteiger partial charge in [-0.05, 0) is 6.42 Å². The molecule has 0 aliphatic carbocycles. The van der Waals surface area contributed by atoms with Gasteiger partial charge >= 0.3 is 0 Å². The van der Waals surface area contributed by atoms with E-state index in [0.29, 0.717) is 59.5 Å². The summed E-state index contributed by atoms with van der Waals surface area (Å²) in [5.41, 5.74) is -0.144. The van der Waals surface area contributed by atoms with Crippen LogP contribution < -0.4 is 0 Å². The Bertz CT molecular complexity index is 181. The predicted octanol–water partition coefficient (Wildman–Crippen LogP) is 1.37. The lowest BCUT2D eigenvalue weighted by molar-refractivity contribution is -0.0853. The highest BCUT2D eigenvalue weighted by Crippen LogP contribution is 2.24. The molecular formula is C15H32O6. The summed E-state index contributed by atoms with van der Waals surface area (Å²) in [6.45, 7) is 7.40. The zero-order chi connectivity index (χ0) is 15.8. The molecule has 0 bridgehead atoms. The van der Waals surface area contributed by atoms with Gasteiger partial charge in [0.25, 0.3) is 0 Å². The minimum Gasteiger partial charge on any atom is -0.382 e. The highest BCUT2D eigenvalue weighted by molar-refractivity contribution is 4.77. The molecule has 0 aliphatic heterocycles. The van der Waals surface area contributed by atoms with Crippen LogP contribution in [0.3, 0.4) is 0 Å². The molecule has 0 saturated heterocycles. The summed E-state index contributed by atoms with van der Waals surface area (Å²) in [5, 5.41) is 0. The van der Waals surface area contributed by atoms with Gasteiger partial charge in [0.2, 0.25) is 0 Å². The maximum Gasteiger partial charge on any atom is 0.0700 e. The molecule has 0 unspecified atom stereocenters. The molecule has 0 aliphatic rings. The van der Waals surface area contributed by atoms with Crippen molar-refractivity contribution in [3.05, 3.63) is 0 Å². The van der Waals surface area contributed by atoms with Crippen LogP contribution in [0.15, 0.2) is 0 Å². The van der Waals surface area contributed by atoms with Crippen molar-refractivity contribution >= 4 is 0 Å². The maximum absolute atomic E-state index is 5.70. The molecule has 0 aromatic heterocycles. The van der Waals surface area contributed by atoms with Gasteiger partial charge in [0.1, 0.15) is 0 Å². The molecule has 0 atom stereocenters. The van der Waals surface area contributed by atoms with Crippen LogP contribution in [0, 0.1) is 5.41 Å². The zero-order valence-electron chi connectivity index (χ0n) is 14.0. The molecule has 6 heteroatoms. The molecule has 0 saturated carbocycles. The van der Waals surface area contributed by atoms with Crippen molar-refractivity contribution in [2.75, 3.05) is 80.8 Å². The third-order valence-electron chi connectivity index (χ3n) is 3.27. The predicted molar refractivity (Wildman–Crippen MR) is 80.8 cm³/mol. The molecule has 0 heterocycles. The van der Waals surface area contributed by atoms with Gasteiger partial charge in [-0.1, -0.05) is 6.92 Å². The molecule has 6 nitrogen and oxygen atoms in total. The average molecular weight is 308 g/mol. The molecule has 21 heavy (non-hydrogen) atoms. The monoisotopic (exact) mass is 308 g/mol. The lowest BCUT2D eigenvalue weighted by Crippen LogP contribution is -2.38. The second-order valence-electron chi connectivity index (χ2n) is 4.99. The molecular weight excluding hydrogens is 276 g/mol. The molecule has 0 N–H and O–H groups in total. The first-order valence-corrected chi connectivity index (χ1v) is 7.44. The zero-order valence-corrected chi connectivity index (χ0v) is 14.0. The molecule has 0 amide bonds. The average Bonchev–Trinajstić information content (AvgIpc) is 2.51. The summed E-state index contributed by atoms with van der Waals surface area (Å²) < 4.78 is 32.1. The third kappa shape index (κ3) is 11.0. The summed E-state index contributed by atoms with van der Waals surface area (Å²) in [6, 6.07) is 0. The van der Waals surface area contributed by atoms with Crippen molar-refractivity contribution in [2.24, 2.45) is 5.41 Å². The standard InChI is InChI=1S/C15H32O6/c1-5-15(12-19-9-6-16-2,13-20-10-7-17-3)14-21-11-8-18-4/h5-14H2,1-4H3. The molecule has 0 fully saturated rings. The first-order chi connectivity index (χ1) is 10.2. The van der Waals surface area contributed by atoms with E-state index in [1.165, 1.54) is 0 Å². The van der Waals surface area contributed by atoms with Gasteiger partial charge in [-0.2, -0.15) is 0 Å². The van der Waals surface area contributed by atoms with Crippen LogP contribution in [-0.2, 0) is 28.4 Å². The Labute approximate surface area is 129 Å². The fourth-order valence-electron chi connectivity index (χ4n) is 1.72. The first kappa shape index (κ1) is 20.8. The van der Waals surface area contributed by atoms with Crippen LogP contribution in [0.1, 0.15) is 13.3 Å². The summed E-state index contributed by atoms with van der Waals surface area (Å²) in [4.78, 5) is 0. The van der Waals surface area contributed by atoms with E-state index in [1.807, 2.05) is 0 Å². The van der Waals surface area contributed by atoms with Crippen molar-refractivity contribution in [3.8, 4) is 0 Å². The summed E-state index contributed by atoms with van der Waals surface area (Å²) in [7, 11) is 4.99. The Hall–Kier alpha value is -0.240. The quantitative estimate of drug-likeness (QED) is 0.401. The number of rotatable bonds is 16. The Kier molecular flexibility index (Phi) is 14.5. The van der Waals surface area contributed by atoms with Gasteiger partial charge in [0.15, 0.2) is 0 Å². The number of ether oxygens (including phenoxy) is 6. The summed E-state index contributed by atoms with van der Waals surface area (Å²) >= 11 is 0. The lowest BCUT2D eigenvalue weighted by atomic mass is 9.88. The van der Waals surface area contributed by atoms with Crippen LogP contribution in [0.4, 0.5) is 0 Å². The second kappa shape index (κ2) is 14.7. The Morgan fingerprint density at radius 3 is 1.14 bits per heavy atom. The van der Waals surface area contributed by atoms with E-state index in [0.717, 1.165) is 6.42 Å². The van der Waals surface area contributed by atoms with Crippen LogP contribution in [0.25, 0.3) is 0 Å². The van der Waals surface area contributed by atoms with Gasteiger partial charge < -0.3 is 28.4 Å². The van der Waals surface area contributed by atoms with Crippen LogP contribution in [0.5, 0.6) is 0 Å². The van der Waals surface area contributed by atoms with Gasteiger partial charge in [-0.3, -0.25) is 0 Å². The Morgan fingerprint density at radius 1 is 0.571 bits per heavy atom. The van der Waals surface area contributed by atoms with Crippen LogP contribution in [0.2, 0.25) is 0 Å². The van der Waals surface area contributed by atoms with Crippen molar-refractivity contribution in [1.29, 1.82) is 0 Å². The molecule has 0 rings (SSSR count). The van der Waals surface area contributed by atoms with Crippen LogP contribution in [-0.4, -0.2) is 80.8 Å². The van der Waals surface area contributed by atoms with Crippen molar-refractivity contribution in [3.63, 3.8) is 0 Å². The topological polar surface area (TPSA) is 55.4 Å². The minimum atomic E-state index is -0.144. The van der Waals surface area contributed by atoms with Gasteiger partial charge in [-0.15, -0.1) is 0 Å². The third-order valence-corrected chi connectivity index (χ3v) is 3.27. The minimum absolute atomic E-state index is 0.144. The molecule has 128 valence electrons. The van der Waals surface area contributed by atoms with E-state index >= 15 is 0 Å². The fourth-order valence-corrected chi connectivity index (χ4v) is 1.72. The SMILES string of the molecule is CCC(COCCOC)(COCCOC)COCCOC. The van der Waals surface area contributed by atoms with E-state index in [2.05, 4.69) is 6.92 Å². The molecule has 0 aromatic rings. The smallest absolute Gasteiger partial charge is 0.0700 e. The van der Waals surface area contributed by atoms with E-state index in [4.69, 9.17) is 28.4 Å². The van der Waals surface area contributed by atoms with E-state index < -0.39 is 0 Å². The second-order valence-corrected chi connectivity index (χ2v) is 4.99. The summed E-state index contributed by atoms with van der Waals surface area (Å²) in [5.74, 6) is 0. The fraction of sp³-hybridized carbons (Fsp3) is 1.00. The van der Waals surface area contributed by atoms with Gasteiger partial charge in [0, 0.05) is 26.7 Å². The first-order valence-electron chi connectivity index (χ1n) is 7.44. The van der Waals surface area contributed by atoms with Crippen LogP contribution >= 0.6 is 0 Å². The summed E-state index contributed by atoms with van der Waals surface area (Å²) in [6.07, 6.45) is 0.917. The Balaban J connectivity index is 4.22. The van der Waals surface area contributed by atoms with E-state index in [1.54, 1.807) is 21.3 Å². The molecule has 0 radical (unpaired) electrons. The normalized spacial score (nSPS) is 12.0. The van der Waals surface area contributed by atoms with Crippen molar-refractivity contribution in [2.45, 2.75) is 13.3 Å². The molecule has 0 aromatic carbocycles. The van der Waals surface area contributed by atoms with Crippen molar-refractivity contribution < 1.29 is 28.4 Å². The lowest BCUT2D eigenvalue weighted by Gasteiger charge is -2.32. The highest BCUT2D eigenvalue weighted by Gasteiger charge is 2.29. The van der Waals surface area contributed by atoms with Crippen molar-refractivity contribution in [1.82, 2.24) is 0 Å². The van der Waals surface area contributed by atoms with E-state index in [9.17, 15) is 0 Å². The highest BCUT2D eigenvalue weighted by atomic mass is 16.5. The number of methoxy groups -OCH3 is 3. The van der Waals surface area contributed by atoms with E-state index in [-0.39, 0.29) is 5.41 Å². The largest absolute Gasteiger partial charge is 0.382 e. The number of hydrogen-bond acceptors (Lipinski definition) is 6. The molecule has 0 spiro atoms. The number of hydrogen-bond donors (Lipinski definition) is 0.